The largest absolute Gasteiger partial charge is 0.382 e. The minimum atomic E-state index is -0.683. The van der Waals surface area contributed by atoms with Gasteiger partial charge >= 0.3 is 0 Å². The summed E-state index contributed by atoms with van der Waals surface area (Å²) < 4.78 is 0. The van der Waals surface area contributed by atoms with Crippen molar-refractivity contribution in [2.45, 2.75) is 64.0 Å². The highest BCUT2D eigenvalue weighted by Crippen LogP contribution is 2.17. The molecule has 2 aromatic rings. The quantitative estimate of drug-likeness (QED) is 0.0634. The maximum Gasteiger partial charge on any atom is 0.280 e. The van der Waals surface area contributed by atoms with Crippen molar-refractivity contribution in [2.75, 3.05) is 52.2 Å². The molecule has 2 rings (SSSR count). The first-order chi connectivity index (χ1) is 22.7. The van der Waals surface area contributed by atoms with Gasteiger partial charge in [0.25, 0.3) is 5.91 Å². The standard InChI is InChI=1S/C31H50ClN13O3/c1-19(29(48)45(4)18-8-7-16-38-30(35)36)40-27(46)22(44(2)3)15-14-21-12-10-20(11-13-21)9-5-6-17-39-31(37)43-28(47)23-25(33)42-26(34)24(32)41-23/h10-13,19,22H,5-9,14-18H2,1-4H3,(H,40,46)(H4,33,34,42)(H4,35,36,38)(H3,37,39,43,47)/t19-,22-/m0/s1. The van der Waals surface area contributed by atoms with Gasteiger partial charge in [-0.3, -0.25) is 34.6 Å². The Hall–Kier alpha value is -4.70. The van der Waals surface area contributed by atoms with E-state index < -0.39 is 18.0 Å². The van der Waals surface area contributed by atoms with Gasteiger partial charge in [-0.2, -0.15) is 0 Å². The van der Waals surface area contributed by atoms with E-state index in [1.165, 1.54) is 5.56 Å². The van der Waals surface area contributed by atoms with E-state index in [1.54, 1.807) is 18.9 Å². The summed E-state index contributed by atoms with van der Waals surface area (Å²) in [7, 11) is 5.43. The molecule has 0 aliphatic carbocycles. The van der Waals surface area contributed by atoms with Gasteiger partial charge in [0, 0.05) is 26.7 Å². The number of anilines is 2. The molecule has 16 nitrogen and oxygen atoms in total. The summed E-state index contributed by atoms with van der Waals surface area (Å²) in [5.74, 6) is -1.27. The summed E-state index contributed by atoms with van der Waals surface area (Å²) in [6, 6.07) is 7.25. The zero-order valence-electron chi connectivity index (χ0n) is 28.2. The van der Waals surface area contributed by atoms with Crippen LogP contribution in [0.4, 0.5) is 11.6 Å². The van der Waals surface area contributed by atoms with Gasteiger partial charge in [0.15, 0.2) is 34.4 Å². The number of benzene rings is 1. The van der Waals surface area contributed by atoms with Crippen LogP contribution >= 0.6 is 11.6 Å². The Morgan fingerprint density at radius 2 is 1.48 bits per heavy atom. The molecule has 0 aliphatic heterocycles. The first kappa shape index (κ1) is 39.5. The molecule has 2 atom stereocenters. The molecule has 48 heavy (non-hydrogen) atoms. The molecule has 0 bridgehead atoms. The summed E-state index contributed by atoms with van der Waals surface area (Å²) >= 11 is 5.82. The third kappa shape index (κ3) is 13.6. The molecule has 0 saturated carbocycles. The van der Waals surface area contributed by atoms with E-state index in [1.807, 2.05) is 19.0 Å². The molecule has 1 aromatic heterocycles. The van der Waals surface area contributed by atoms with Gasteiger partial charge < -0.3 is 38.9 Å². The first-order valence-corrected chi connectivity index (χ1v) is 16.1. The van der Waals surface area contributed by atoms with Crippen molar-refractivity contribution >= 4 is 52.9 Å². The van der Waals surface area contributed by atoms with Crippen LogP contribution in [-0.4, -0.2) is 102 Å². The maximum absolute atomic E-state index is 13.1. The van der Waals surface area contributed by atoms with Gasteiger partial charge in [-0.15, -0.1) is 0 Å². The van der Waals surface area contributed by atoms with E-state index in [0.29, 0.717) is 32.5 Å². The number of rotatable bonds is 18. The van der Waals surface area contributed by atoms with Crippen LogP contribution in [0.15, 0.2) is 34.3 Å². The number of aliphatic imine (C=N–C) groups is 2. The molecule has 264 valence electrons. The van der Waals surface area contributed by atoms with Crippen molar-refractivity contribution in [3.8, 4) is 0 Å². The van der Waals surface area contributed by atoms with Crippen LogP contribution in [0.25, 0.3) is 0 Å². The monoisotopic (exact) mass is 687 g/mol. The summed E-state index contributed by atoms with van der Waals surface area (Å²) in [6.07, 6.45) is 5.27. The Kier molecular flexibility index (Phi) is 16.3. The van der Waals surface area contributed by atoms with Gasteiger partial charge in [-0.1, -0.05) is 35.9 Å². The van der Waals surface area contributed by atoms with E-state index in [-0.39, 0.29) is 46.2 Å². The van der Waals surface area contributed by atoms with Crippen molar-refractivity contribution in [3.63, 3.8) is 0 Å². The molecule has 3 amide bonds. The number of amides is 3. The van der Waals surface area contributed by atoms with Gasteiger partial charge in [0.2, 0.25) is 11.8 Å². The molecule has 0 unspecified atom stereocenters. The average Bonchev–Trinajstić information content (AvgIpc) is 3.02. The van der Waals surface area contributed by atoms with Crippen LogP contribution < -0.4 is 39.3 Å². The van der Waals surface area contributed by atoms with E-state index in [2.05, 4.69) is 54.9 Å². The van der Waals surface area contributed by atoms with E-state index in [0.717, 1.165) is 37.7 Å². The summed E-state index contributed by atoms with van der Waals surface area (Å²) in [5.41, 5.74) is 29.8. The summed E-state index contributed by atoms with van der Waals surface area (Å²) in [4.78, 5) is 57.5. The van der Waals surface area contributed by atoms with Crippen molar-refractivity contribution in [1.82, 2.24) is 30.4 Å². The number of nitrogens with zero attached hydrogens (tertiary/aromatic N) is 6. The van der Waals surface area contributed by atoms with Gasteiger partial charge in [-0.25, -0.2) is 9.97 Å². The molecule has 1 heterocycles. The lowest BCUT2D eigenvalue weighted by molar-refractivity contribution is -0.136. The predicted octanol–water partition coefficient (Wildman–Crippen LogP) is 0.241. The zero-order valence-corrected chi connectivity index (χ0v) is 29.0. The SMILES string of the molecule is C[C@H](NC(=O)[C@H](CCc1ccc(CCCCN=C(N)NC(=O)c2nc(Cl)c(N)nc2N)cc1)N(C)C)C(=O)N(C)CCCCN=C(N)N. The van der Waals surface area contributed by atoms with E-state index in [4.69, 9.17) is 40.3 Å². The Labute approximate surface area is 286 Å². The smallest absolute Gasteiger partial charge is 0.280 e. The van der Waals surface area contributed by atoms with Gasteiger partial charge in [0.1, 0.15) is 6.04 Å². The maximum atomic E-state index is 13.1. The second-order valence-corrected chi connectivity index (χ2v) is 12.0. The van der Waals surface area contributed by atoms with Crippen LogP contribution in [0.5, 0.6) is 0 Å². The number of hydrogen-bond acceptors (Lipinski definition) is 10. The minimum absolute atomic E-state index is 0.0538. The van der Waals surface area contributed by atoms with Crippen LogP contribution in [0.3, 0.4) is 0 Å². The van der Waals surface area contributed by atoms with Gasteiger partial charge in [-0.05, 0) is 77.1 Å². The average molecular weight is 688 g/mol. The zero-order chi connectivity index (χ0) is 35.8. The fourth-order valence-corrected chi connectivity index (χ4v) is 4.87. The summed E-state index contributed by atoms with van der Waals surface area (Å²) in [6.45, 7) is 3.18. The second-order valence-electron chi connectivity index (χ2n) is 11.7. The molecule has 17 heteroatoms. The lowest BCUT2D eigenvalue weighted by Gasteiger charge is -2.27. The fraction of sp³-hybridized carbons (Fsp3) is 0.516. The normalized spacial score (nSPS) is 12.7. The van der Waals surface area contributed by atoms with E-state index >= 15 is 0 Å². The highest BCUT2D eigenvalue weighted by Gasteiger charge is 2.26. The highest BCUT2D eigenvalue weighted by atomic mass is 35.5. The molecule has 0 aliphatic rings. The van der Waals surface area contributed by atoms with E-state index in [9.17, 15) is 14.4 Å². The predicted molar refractivity (Wildman–Crippen MR) is 190 cm³/mol. The van der Waals surface area contributed by atoms with Gasteiger partial charge in [0.05, 0.1) is 6.04 Å². The van der Waals surface area contributed by atoms with Crippen LogP contribution in [0.1, 0.15) is 60.6 Å². The van der Waals surface area contributed by atoms with Crippen molar-refractivity contribution < 1.29 is 14.4 Å². The number of guanidine groups is 2. The van der Waals surface area contributed by atoms with Crippen LogP contribution in [0, 0.1) is 0 Å². The fourth-order valence-electron chi connectivity index (χ4n) is 4.74. The Balaban J connectivity index is 1.75. The van der Waals surface area contributed by atoms with Crippen LogP contribution in [-0.2, 0) is 22.4 Å². The lowest BCUT2D eigenvalue weighted by Crippen LogP contribution is -2.51. The number of nitrogens with one attached hydrogen (secondary N) is 2. The number of nitrogens with two attached hydrogens (primary N) is 5. The molecular weight excluding hydrogens is 638 g/mol. The third-order valence-electron chi connectivity index (χ3n) is 7.47. The molecular formula is C31H50ClN13O3. The van der Waals surface area contributed by atoms with Crippen molar-refractivity contribution in [2.24, 2.45) is 27.2 Å². The lowest BCUT2D eigenvalue weighted by atomic mass is 10.0. The molecule has 0 radical (unpaired) electrons. The van der Waals surface area contributed by atoms with Crippen molar-refractivity contribution in [3.05, 3.63) is 46.2 Å². The molecule has 12 N–H and O–H groups in total. The third-order valence-corrected chi connectivity index (χ3v) is 7.75. The highest BCUT2D eigenvalue weighted by molar-refractivity contribution is 6.31. The van der Waals surface area contributed by atoms with Crippen LogP contribution in [0.2, 0.25) is 5.15 Å². The molecule has 0 fully saturated rings. The van der Waals surface area contributed by atoms with Crippen molar-refractivity contribution in [1.29, 1.82) is 0 Å². The summed E-state index contributed by atoms with van der Waals surface area (Å²) in [5, 5.41) is 5.17. The number of likely N-dealkylation sites (N-methyl/N-ethyl adjacent to an activating group) is 2. The minimum Gasteiger partial charge on any atom is -0.382 e. The number of unbranched alkanes of at least 4 members (excludes halogenated alkanes) is 2. The number of aromatic nitrogens is 2. The Morgan fingerprint density at radius 3 is 2.10 bits per heavy atom. The topological polar surface area (TPSA) is 262 Å². The Bertz CT molecular complexity index is 1430. The number of aryl methyl sites for hydroxylation is 2. The number of halogens is 1. The number of nitrogen functional groups attached to an aromatic ring is 2. The number of carbonyl (C=O) groups excluding carboxylic acids is 3. The molecule has 0 saturated heterocycles. The number of carbonyl (C=O) groups is 3. The number of hydrogen-bond donors (Lipinski definition) is 7. The first-order valence-electron chi connectivity index (χ1n) is 15.7. The molecule has 1 aromatic carbocycles. The molecule has 0 spiro atoms. The second kappa shape index (κ2) is 19.8. The Morgan fingerprint density at radius 1 is 0.875 bits per heavy atom.